The number of urea groups is 1. The van der Waals surface area contributed by atoms with Crippen LogP contribution in [0.4, 0.5) is 10.5 Å². The molecule has 0 atom stereocenters. The van der Waals surface area contributed by atoms with Crippen molar-refractivity contribution in [2.75, 3.05) is 25.5 Å². The molecule has 0 saturated carbocycles. The topological polar surface area (TPSA) is 69.7 Å². The van der Waals surface area contributed by atoms with E-state index in [1.807, 2.05) is 27.7 Å². The lowest BCUT2D eigenvalue weighted by Gasteiger charge is -2.21. The Morgan fingerprint density at radius 1 is 1.14 bits per heavy atom. The van der Waals surface area contributed by atoms with Gasteiger partial charge in [-0.2, -0.15) is 4.31 Å². The maximum atomic E-state index is 12.3. The molecular weight excluding hydrogens is 302 g/mol. The fraction of sp³-hybridized carbons (Fsp3) is 0.533. The van der Waals surface area contributed by atoms with Crippen LogP contribution in [0.25, 0.3) is 0 Å². The Balaban J connectivity index is 2.90. The third-order valence-corrected chi connectivity index (χ3v) is 5.61. The molecule has 0 aliphatic carbocycles. The Kier molecular flexibility index (Phi) is 6.37. The summed E-state index contributed by atoms with van der Waals surface area (Å²) in [7, 11) is -1.95. The molecule has 0 saturated heterocycles. The number of nitrogens with zero attached hydrogens (tertiary/aromatic N) is 2. The molecule has 0 aromatic heterocycles. The van der Waals surface area contributed by atoms with Crippen LogP contribution < -0.4 is 5.32 Å². The van der Waals surface area contributed by atoms with Gasteiger partial charge in [0.25, 0.3) is 0 Å². The molecule has 0 spiro atoms. The number of nitrogens with one attached hydrogen (secondary N) is 1. The zero-order chi connectivity index (χ0) is 16.9. The van der Waals surface area contributed by atoms with Crippen LogP contribution in [-0.4, -0.2) is 49.8 Å². The molecule has 1 rings (SSSR count). The fourth-order valence-corrected chi connectivity index (χ4v) is 3.24. The summed E-state index contributed by atoms with van der Waals surface area (Å²) in [6, 6.07) is 5.90. The van der Waals surface area contributed by atoms with E-state index >= 15 is 0 Å². The van der Waals surface area contributed by atoms with Gasteiger partial charge in [-0.3, -0.25) is 0 Å². The lowest BCUT2D eigenvalue weighted by Crippen LogP contribution is -2.34. The predicted octanol–water partition coefficient (Wildman–Crippen LogP) is 2.59. The van der Waals surface area contributed by atoms with Gasteiger partial charge in [-0.05, 0) is 52.0 Å². The smallest absolute Gasteiger partial charge is 0.321 e. The molecule has 2 amide bonds. The number of benzene rings is 1. The lowest BCUT2D eigenvalue weighted by molar-refractivity contribution is 0.217. The van der Waals surface area contributed by atoms with Gasteiger partial charge < -0.3 is 10.2 Å². The van der Waals surface area contributed by atoms with E-state index in [2.05, 4.69) is 5.32 Å². The number of carbonyl (C=O) groups excluding carboxylic acids is 1. The van der Waals surface area contributed by atoms with Crippen molar-refractivity contribution in [1.29, 1.82) is 0 Å². The predicted molar refractivity (Wildman–Crippen MR) is 88.5 cm³/mol. The third kappa shape index (κ3) is 4.20. The van der Waals surface area contributed by atoms with Gasteiger partial charge >= 0.3 is 6.03 Å². The first kappa shape index (κ1) is 18.4. The second-order valence-electron chi connectivity index (χ2n) is 5.24. The molecule has 7 heteroatoms. The summed E-state index contributed by atoms with van der Waals surface area (Å²) < 4.78 is 26.0. The third-order valence-electron chi connectivity index (χ3n) is 3.56. The first-order valence-electron chi connectivity index (χ1n) is 7.38. The highest BCUT2D eigenvalue weighted by Crippen LogP contribution is 2.19. The summed E-state index contributed by atoms with van der Waals surface area (Å²) in [5.41, 5.74) is 0.572. The molecule has 0 unspecified atom stereocenters. The molecule has 0 aliphatic heterocycles. The minimum Gasteiger partial charge on any atom is -0.325 e. The van der Waals surface area contributed by atoms with Crippen molar-refractivity contribution >= 4 is 21.7 Å². The summed E-state index contributed by atoms with van der Waals surface area (Å²) in [5, 5.41) is 2.75. The Labute approximate surface area is 133 Å². The van der Waals surface area contributed by atoms with E-state index in [1.165, 1.54) is 16.4 Å². The largest absolute Gasteiger partial charge is 0.325 e. The Morgan fingerprint density at radius 3 is 2.05 bits per heavy atom. The minimum absolute atomic E-state index is 0.118. The average Bonchev–Trinajstić information content (AvgIpc) is 2.48. The van der Waals surface area contributed by atoms with Gasteiger partial charge in [-0.25, -0.2) is 13.2 Å². The van der Waals surface area contributed by atoms with Gasteiger partial charge in [0.1, 0.15) is 0 Å². The summed E-state index contributed by atoms with van der Waals surface area (Å²) in [4.78, 5) is 13.8. The molecule has 6 nitrogen and oxygen atoms in total. The number of hydrogen-bond acceptors (Lipinski definition) is 3. The molecule has 0 fully saturated rings. The highest BCUT2D eigenvalue weighted by molar-refractivity contribution is 7.89. The number of hydrogen-bond donors (Lipinski definition) is 1. The molecule has 0 radical (unpaired) electrons. The van der Waals surface area contributed by atoms with Gasteiger partial charge in [0.15, 0.2) is 0 Å². The first-order chi connectivity index (χ1) is 10.2. The Bertz CT molecular complexity index is 593. The molecule has 0 bridgehead atoms. The van der Waals surface area contributed by atoms with Crippen molar-refractivity contribution < 1.29 is 13.2 Å². The normalized spacial score (nSPS) is 11.8. The van der Waals surface area contributed by atoms with Crippen LogP contribution in [0.3, 0.4) is 0 Å². The highest BCUT2D eigenvalue weighted by Gasteiger charge is 2.22. The van der Waals surface area contributed by atoms with Crippen LogP contribution in [0.5, 0.6) is 0 Å². The van der Waals surface area contributed by atoms with E-state index in [9.17, 15) is 13.2 Å². The fourth-order valence-electron chi connectivity index (χ4n) is 1.87. The standard InChI is InChI=1S/C15H25N3O3S/c1-6-18(7-2)15(19)16-13-8-10-14(11-9-13)22(20,21)17(5)12(3)4/h8-12H,6-7H2,1-5H3,(H,16,19). The maximum Gasteiger partial charge on any atom is 0.321 e. The minimum atomic E-state index is -3.50. The summed E-state index contributed by atoms with van der Waals surface area (Å²) in [5.74, 6) is 0. The SMILES string of the molecule is CCN(CC)C(=O)Nc1ccc(S(=O)(=O)N(C)C(C)C)cc1. The number of sulfonamides is 1. The van der Waals surface area contributed by atoms with Crippen molar-refractivity contribution in [2.24, 2.45) is 0 Å². The second-order valence-corrected chi connectivity index (χ2v) is 7.24. The second kappa shape index (κ2) is 7.60. The van der Waals surface area contributed by atoms with Gasteiger partial charge in [0.2, 0.25) is 10.0 Å². The molecule has 0 aliphatic rings. The number of carbonyl (C=O) groups is 1. The van der Waals surface area contributed by atoms with Crippen LogP contribution in [0, 0.1) is 0 Å². The van der Waals surface area contributed by atoms with Gasteiger partial charge in [-0.1, -0.05) is 0 Å². The highest BCUT2D eigenvalue weighted by atomic mass is 32.2. The lowest BCUT2D eigenvalue weighted by atomic mass is 10.3. The molecule has 22 heavy (non-hydrogen) atoms. The van der Waals surface area contributed by atoms with E-state index in [-0.39, 0.29) is 17.0 Å². The van der Waals surface area contributed by atoms with Crippen LogP contribution in [-0.2, 0) is 10.0 Å². The van der Waals surface area contributed by atoms with Crippen LogP contribution in [0.2, 0.25) is 0 Å². The van der Waals surface area contributed by atoms with E-state index in [0.29, 0.717) is 18.8 Å². The molecule has 0 heterocycles. The Morgan fingerprint density at radius 2 is 1.64 bits per heavy atom. The van der Waals surface area contributed by atoms with Crippen LogP contribution in [0.1, 0.15) is 27.7 Å². The summed E-state index contributed by atoms with van der Waals surface area (Å²) in [6.07, 6.45) is 0. The zero-order valence-electron chi connectivity index (χ0n) is 13.8. The van der Waals surface area contributed by atoms with E-state index in [1.54, 1.807) is 24.1 Å². The van der Waals surface area contributed by atoms with E-state index in [0.717, 1.165) is 0 Å². The zero-order valence-corrected chi connectivity index (χ0v) is 14.6. The van der Waals surface area contributed by atoms with E-state index in [4.69, 9.17) is 0 Å². The molecule has 124 valence electrons. The number of amides is 2. The van der Waals surface area contributed by atoms with Crippen molar-refractivity contribution in [3.8, 4) is 0 Å². The van der Waals surface area contributed by atoms with Crippen molar-refractivity contribution in [3.63, 3.8) is 0 Å². The maximum absolute atomic E-state index is 12.3. The Hall–Kier alpha value is -1.60. The monoisotopic (exact) mass is 327 g/mol. The molecule has 1 aromatic rings. The average molecular weight is 327 g/mol. The summed E-state index contributed by atoms with van der Waals surface area (Å²) >= 11 is 0. The summed E-state index contributed by atoms with van der Waals surface area (Å²) in [6.45, 7) is 8.68. The van der Waals surface area contributed by atoms with Gasteiger partial charge in [0, 0.05) is 31.9 Å². The van der Waals surface area contributed by atoms with Crippen molar-refractivity contribution in [1.82, 2.24) is 9.21 Å². The molecular formula is C15H25N3O3S. The van der Waals surface area contributed by atoms with Gasteiger partial charge in [0.05, 0.1) is 4.90 Å². The van der Waals surface area contributed by atoms with Crippen molar-refractivity contribution in [3.05, 3.63) is 24.3 Å². The quantitative estimate of drug-likeness (QED) is 0.873. The number of anilines is 1. The van der Waals surface area contributed by atoms with Crippen LogP contribution in [0.15, 0.2) is 29.2 Å². The van der Waals surface area contributed by atoms with Gasteiger partial charge in [-0.15, -0.1) is 0 Å². The van der Waals surface area contributed by atoms with Crippen molar-refractivity contribution in [2.45, 2.75) is 38.6 Å². The van der Waals surface area contributed by atoms with E-state index < -0.39 is 10.0 Å². The van der Waals surface area contributed by atoms with Crippen LogP contribution >= 0.6 is 0 Å². The molecule has 1 N–H and O–H groups in total. The molecule has 1 aromatic carbocycles. The first-order valence-corrected chi connectivity index (χ1v) is 8.82. The number of rotatable bonds is 6.